The first-order valence-electron chi connectivity index (χ1n) is 2.20. The lowest BCUT2D eigenvalue weighted by atomic mass is 10.3. The van der Waals surface area contributed by atoms with Gasteiger partial charge in [0.1, 0.15) is 0 Å². The van der Waals surface area contributed by atoms with Crippen molar-refractivity contribution in [3.63, 3.8) is 0 Å². The molecule has 0 fully saturated rings. The van der Waals surface area contributed by atoms with Crippen LogP contribution in [0.3, 0.4) is 0 Å². The molecule has 0 rings (SSSR count). The normalized spacial score (nSPS) is 13.1. The Morgan fingerprint density at radius 1 is 1.88 bits per heavy atom. The van der Waals surface area contributed by atoms with Crippen LogP contribution >= 0.6 is 0 Å². The monoisotopic (exact) mass is 133 g/mol. The minimum atomic E-state index is -1.69. The van der Waals surface area contributed by atoms with Crippen molar-refractivity contribution < 1.29 is 8.76 Å². The minimum absolute atomic E-state index is 0.252. The predicted octanol–water partition coefficient (Wildman–Crippen LogP) is 0.988. The Hall–Kier alpha value is -0.280. The molecule has 0 aliphatic heterocycles. The maximum atomic E-state index is 9.95. The molecule has 1 N–H and O–H groups in total. The Morgan fingerprint density at radius 2 is 2.38 bits per heavy atom. The summed E-state index contributed by atoms with van der Waals surface area (Å²) in [4.78, 5) is 0. The summed E-state index contributed by atoms with van der Waals surface area (Å²) in [6.07, 6.45) is 0.531. The van der Waals surface area contributed by atoms with Crippen molar-refractivity contribution in [3.05, 3.63) is 19.1 Å². The van der Waals surface area contributed by atoms with E-state index < -0.39 is 11.1 Å². The summed E-state index contributed by atoms with van der Waals surface area (Å²) >= 11 is -1.69. The topological polar surface area (TPSA) is 37.3 Å². The first kappa shape index (κ1) is 7.72. The van der Waals surface area contributed by atoms with Crippen molar-refractivity contribution in [3.8, 4) is 0 Å². The molecule has 0 aromatic rings. The first-order chi connectivity index (χ1) is 3.63. The maximum Gasteiger partial charge on any atom is 0.153 e. The fourth-order valence-electron chi connectivity index (χ4n) is 0.232. The van der Waals surface area contributed by atoms with E-state index in [2.05, 4.69) is 13.5 Å². The van der Waals surface area contributed by atoms with Crippen molar-refractivity contribution in [2.24, 2.45) is 0 Å². The van der Waals surface area contributed by atoms with Crippen LogP contribution in [0.4, 0.5) is 0 Å². The highest BCUT2D eigenvalue weighted by atomic mass is 32.2. The molecule has 0 aliphatic rings. The fourth-order valence-corrected chi connectivity index (χ4v) is 0.695. The number of rotatable bonds is 3. The lowest BCUT2D eigenvalue weighted by Gasteiger charge is -1.86. The average molecular weight is 133 g/mol. The summed E-state index contributed by atoms with van der Waals surface area (Å²) < 4.78 is 18.2. The predicted molar refractivity (Wildman–Crippen MR) is 34.8 cm³/mol. The van der Waals surface area contributed by atoms with Gasteiger partial charge in [0, 0.05) is 19.9 Å². The molecule has 8 heavy (non-hydrogen) atoms. The molecule has 0 saturated carbocycles. The summed E-state index contributed by atoms with van der Waals surface area (Å²) in [6.45, 7) is 6.94. The van der Waals surface area contributed by atoms with Gasteiger partial charge in [-0.25, -0.2) is 4.21 Å². The fraction of sp³-hybridized carbons (Fsp3) is 0.400. The molecule has 2 nitrogen and oxygen atoms in total. The zero-order chi connectivity index (χ0) is 6.57. The highest BCUT2D eigenvalue weighted by Crippen LogP contribution is 1.94. The van der Waals surface area contributed by atoms with Crippen LogP contribution in [0.5, 0.6) is 0 Å². The molecule has 1 atom stereocenters. The summed E-state index contributed by atoms with van der Waals surface area (Å²) in [5.41, 5.74) is 0.701. The van der Waals surface area contributed by atoms with Gasteiger partial charge in [0.05, 0.1) is 11.3 Å². The van der Waals surface area contributed by atoms with E-state index in [1.54, 1.807) is 0 Å². The zero-order valence-electron chi connectivity index (χ0n) is 4.59. The van der Waals surface area contributed by atoms with Crippen LogP contribution in [-0.4, -0.2) is 14.5 Å². The van der Waals surface area contributed by atoms with Crippen molar-refractivity contribution in [1.82, 2.24) is 0 Å². The molecule has 0 aromatic carbocycles. The SMILES string of the molecule is C=C([CH2+])CCS(=O)O. The van der Waals surface area contributed by atoms with Crippen LogP contribution in [0.25, 0.3) is 0 Å². The van der Waals surface area contributed by atoms with Crippen LogP contribution in [0, 0.1) is 6.92 Å². The van der Waals surface area contributed by atoms with Gasteiger partial charge >= 0.3 is 0 Å². The van der Waals surface area contributed by atoms with Crippen LogP contribution in [-0.2, 0) is 11.1 Å². The highest BCUT2D eigenvalue weighted by molar-refractivity contribution is 7.79. The Labute approximate surface area is 51.9 Å². The largest absolute Gasteiger partial charge is 0.306 e. The van der Waals surface area contributed by atoms with Gasteiger partial charge in [0.25, 0.3) is 0 Å². The Kier molecular flexibility index (Phi) is 3.56. The highest BCUT2D eigenvalue weighted by Gasteiger charge is 1.95. The lowest BCUT2D eigenvalue weighted by Crippen LogP contribution is -1.93. The smallest absolute Gasteiger partial charge is 0.153 e. The van der Waals surface area contributed by atoms with E-state index in [0.717, 1.165) is 0 Å². The van der Waals surface area contributed by atoms with E-state index in [0.29, 0.717) is 12.0 Å². The molecule has 3 heteroatoms. The Bertz CT molecular complexity index is 95.0. The standard InChI is InChI=1S/C5H8O2S/c1-5(2)3-4-8(6)7/h1-4H2/p+1. The van der Waals surface area contributed by atoms with Crippen molar-refractivity contribution >= 4 is 11.1 Å². The van der Waals surface area contributed by atoms with Gasteiger partial charge in [0.2, 0.25) is 0 Å². The van der Waals surface area contributed by atoms with E-state index in [9.17, 15) is 4.21 Å². The summed E-state index contributed by atoms with van der Waals surface area (Å²) in [6, 6.07) is 0. The molecule has 0 amide bonds. The molecule has 0 radical (unpaired) electrons. The third-order valence-corrected chi connectivity index (χ3v) is 1.18. The molecule has 0 heterocycles. The third kappa shape index (κ3) is 5.72. The molecular weight excluding hydrogens is 124 g/mol. The second-order valence-corrected chi connectivity index (χ2v) is 2.58. The second-order valence-electron chi connectivity index (χ2n) is 1.53. The van der Waals surface area contributed by atoms with Crippen LogP contribution in [0.1, 0.15) is 6.42 Å². The van der Waals surface area contributed by atoms with Gasteiger partial charge in [-0.2, -0.15) is 0 Å². The van der Waals surface area contributed by atoms with Gasteiger partial charge in [-0.1, -0.05) is 0 Å². The molecule has 0 aromatic heterocycles. The molecule has 46 valence electrons. The minimum Gasteiger partial charge on any atom is -0.306 e. The first-order valence-corrected chi connectivity index (χ1v) is 3.47. The van der Waals surface area contributed by atoms with E-state index >= 15 is 0 Å². The third-order valence-electron chi connectivity index (χ3n) is 0.630. The van der Waals surface area contributed by atoms with Gasteiger partial charge in [0.15, 0.2) is 11.1 Å². The number of allylic oxidation sites excluding steroid dienone is 1. The van der Waals surface area contributed by atoms with Gasteiger partial charge < -0.3 is 4.55 Å². The molecule has 1 unspecified atom stereocenters. The molecular formula is C5H9O2S+. The number of hydrogen-bond acceptors (Lipinski definition) is 1. The van der Waals surface area contributed by atoms with Crippen molar-refractivity contribution in [1.29, 1.82) is 0 Å². The van der Waals surface area contributed by atoms with Gasteiger partial charge in [-0.15, -0.1) is 0 Å². The van der Waals surface area contributed by atoms with E-state index in [1.165, 1.54) is 0 Å². The molecule has 0 bridgehead atoms. The van der Waals surface area contributed by atoms with Crippen LogP contribution in [0.15, 0.2) is 12.2 Å². The summed E-state index contributed by atoms with van der Waals surface area (Å²) in [5, 5.41) is 0. The van der Waals surface area contributed by atoms with Gasteiger partial charge in [-0.05, 0) is 0 Å². The molecule has 0 saturated heterocycles. The Balaban J connectivity index is 3.18. The van der Waals surface area contributed by atoms with Crippen molar-refractivity contribution in [2.75, 3.05) is 5.75 Å². The lowest BCUT2D eigenvalue weighted by molar-refractivity contribution is 0.564. The van der Waals surface area contributed by atoms with Crippen LogP contribution in [0.2, 0.25) is 0 Å². The van der Waals surface area contributed by atoms with Crippen LogP contribution < -0.4 is 0 Å². The Morgan fingerprint density at radius 3 is 2.50 bits per heavy atom. The molecule has 0 spiro atoms. The second kappa shape index (κ2) is 3.69. The van der Waals surface area contributed by atoms with Crippen molar-refractivity contribution in [2.45, 2.75) is 6.42 Å². The molecule has 0 aliphatic carbocycles. The maximum absolute atomic E-state index is 9.95. The van der Waals surface area contributed by atoms with E-state index in [4.69, 9.17) is 4.55 Å². The summed E-state index contributed by atoms with van der Waals surface area (Å²) in [5.74, 6) is 0.252. The van der Waals surface area contributed by atoms with E-state index in [1.807, 2.05) is 0 Å². The summed E-state index contributed by atoms with van der Waals surface area (Å²) in [7, 11) is 0. The zero-order valence-corrected chi connectivity index (χ0v) is 5.41. The quantitative estimate of drug-likeness (QED) is 0.460. The van der Waals surface area contributed by atoms with Gasteiger partial charge in [-0.3, -0.25) is 0 Å². The number of hydrogen-bond donors (Lipinski definition) is 1. The average Bonchev–Trinajstić information content (AvgIpc) is 1.61. The van der Waals surface area contributed by atoms with E-state index in [-0.39, 0.29) is 5.75 Å².